The second-order valence-electron chi connectivity index (χ2n) is 6.18. The second kappa shape index (κ2) is 6.85. The van der Waals surface area contributed by atoms with Crippen LogP contribution in [-0.2, 0) is 17.7 Å². The number of rotatable bonds is 6. The lowest BCUT2D eigenvalue weighted by atomic mass is 10.1. The van der Waals surface area contributed by atoms with E-state index in [0.717, 1.165) is 31.2 Å². The molecule has 0 radical (unpaired) electrons. The Bertz CT molecular complexity index is 449. The fraction of sp³-hybridized carbons (Fsp3) is 0.867. The van der Waals surface area contributed by atoms with Crippen molar-refractivity contribution in [3.8, 4) is 0 Å². The number of aromatic nitrogens is 3. The van der Waals surface area contributed by atoms with Gasteiger partial charge in [0.25, 0.3) is 0 Å². The summed E-state index contributed by atoms with van der Waals surface area (Å²) in [5.74, 6) is 1.85. The van der Waals surface area contributed by atoms with Crippen molar-refractivity contribution in [2.45, 2.75) is 63.8 Å². The van der Waals surface area contributed by atoms with Crippen LogP contribution in [0.15, 0.2) is 0 Å². The van der Waals surface area contributed by atoms with E-state index in [-0.39, 0.29) is 0 Å². The van der Waals surface area contributed by atoms with Crippen LogP contribution in [0.4, 0.5) is 0 Å². The highest BCUT2D eigenvalue weighted by Crippen LogP contribution is 2.28. The van der Waals surface area contributed by atoms with Gasteiger partial charge < -0.3 is 10.1 Å². The largest absolute Gasteiger partial charge is 0.380 e. The molecule has 0 amide bonds. The molecule has 1 saturated heterocycles. The fourth-order valence-corrected chi connectivity index (χ4v) is 3.66. The van der Waals surface area contributed by atoms with Crippen LogP contribution in [0.2, 0.25) is 0 Å². The minimum atomic E-state index is 0.424. The predicted octanol–water partition coefficient (Wildman–Crippen LogP) is 1.10. The summed E-state index contributed by atoms with van der Waals surface area (Å²) in [6.07, 6.45) is 6.34. The van der Waals surface area contributed by atoms with Gasteiger partial charge in [-0.05, 0) is 19.3 Å². The van der Waals surface area contributed by atoms with Gasteiger partial charge in [-0.3, -0.25) is 10.00 Å². The summed E-state index contributed by atoms with van der Waals surface area (Å²) in [5.41, 5.74) is 0. The zero-order chi connectivity index (χ0) is 14.7. The van der Waals surface area contributed by atoms with E-state index in [4.69, 9.17) is 4.74 Å². The molecule has 3 rings (SSSR count). The summed E-state index contributed by atoms with van der Waals surface area (Å²) < 4.78 is 5.50. The van der Waals surface area contributed by atoms with Crippen molar-refractivity contribution in [3.63, 3.8) is 0 Å². The number of hydrogen-bond acceptors (Lipinski definition) is 5. The minimum Gasteiger partial charge on any atom is -0.380 e. The smallest absolute Gasteiger partial charge is 0.150 e. The Kier molecular flexibility index (Phi) is 4.87. The molecule has 2 heterocycles. The highest BCUT2D eigenvalue weighted by atomic mass is 16.5. The third kappa shape index (κ3) is 3.44. The summed E-state index contributed by atoms with van der Waals surface area (Å²) in [5, 5.41) is 10.9. The Labute approximate surface area is 126 Å². The van der Waals surface area contributed by atoms with E-state index in [9.17, 15) is 0 Å². The maximum Gasteiger partial charge on any atom is 0.150 e. The Balaban J connectivity index is 1.52. The third-order valence-electron chi connectivity index (χ3n) is 4.88. The average molecular weight is 293 g/mol. The molecular weight excluding hydrogens is 266 g/mol. The summed E-state index contributed by atoms with van der Waals surface area (Å²) in [6.45, 7) is 5.12. The molecule has 118 valence electrons. The molecular formula is C15H27N5O. The molecule has 1 aromatic rings. The van der Waals surface area contributed by atoms with Crippen molar-refractivity contribution in [2.75, 3.05) is 20.2 Å². The molecule has 0 spiro atoms. The van der Waals surface area contributed by atoms with Crippen LogP contribution in [-0.4, -0.2) is 58.5 Å². The van der Waals surface area contributed by atoms with Gasteiger partial charge in [0, 0.05) is 38.7 Å². The van der Waals surface area contributed by atoms with Crippen molar-refractivity contribution < 1.29 is 4.74 Å². The van der Waals surface area contributed by atoms with Gasteiger partial charge in [0.05, 0.1) is 12.6 Å². The first-order chi connectivity index (χ1) is 10.3. The lowest BCUT2D eigenvalue weighted by Gasteiger charge is -2.29. The zero-order valence-electron chi connectivity index (χ0n) is 13.1. The van der Waals surface area contributed by atoms with Crippen LogP contribution in [0.3, 0.4) is 0 Å². The van der Waals surface area contributed by atoms with E-state index < -0.39 is 0 Å². The van der Waals surface area contributed by atoms with Gasteiger partial charge in [-0.2, -0.15) is 5.10 Å². The topological polar surface area (TPSA) is 66.1 Å². The summed E-state index contributed by atoms with van der Waals surface area (Å²) in [6, 6.07) is 1.22. The van der Waals surface area contributed by atoms with E-state index in [2.05, 4.69) is 32.3 Å². The van der Waals surface area contributed by atoms with Gasteiger partial charge in [-0.25, -0.2) is 4.98 Å². The number of aromatic amines is 1. The average Bonchev–Trinajstić information content (AvgIpc) is 3.23. The third-order valence-corrected chi connectivity index (χ3v) is 4.88. The van der Waals surface area contributed by atoms with Crippen molar-refractivity contribution in [2.24, 2.45) is 0 Å². The standard InChI is InChI=1S/C15H27N5O/c1-3-14-17-15(19-18-14)9-16-12-5-4-6-13(12)20-8-7-11(10-20)21-2/h11-13,16H,3-10H2,1-2H3,(H,17,18,19)/t11?,12-,13+/m1/s1. The number of aryl methyl sites for hydroxylation is 1. The lowest BCUT2D eigenvalue weighted by molar-refractivity contribution is 0.0979. The van der Waals surface area contributed by atoms with E-state index in [1.807, 2.05) is 7.11 Å². The van der Waals surface area contributed by atoms with Gasteiger partial charge >= 0.3 is 0 Å². The molecule has 2 fully saturated rings. The van der Waals surface area contributed by atoms with Crippen molar-refractivity contribution >= 4 is 0 Å². The highest BCUT2D eigenvalue weighted by Gasteiger charge is 2.35. The first-order valence-corrected chi connectivity index (χ1v) is 8.20. The molecule has 1 unspecified atom stereocenters. The predicted molar refractivity (Wildman–Crippen MR) is 81.0 cm³/mol. The van der Waals surface area contributed by atoms with E-state index in [0.29, 0.717) is 18.2 Å². The molecule has 0 bridgehead atoms. The minimum absolute atomic E-state index is 0.424. The van der Waals surface area contributed by atoms with Crippen LogP contribution in [0.5, 0.6) is 0 Å². The Morgan fingerprint density at radius 3 is 3.00 bits per heavy atom. The lowest BCUT2D eigenvalue weighted by Crippen LogP contribution is -2.46. The van der Waals surface area contributed by atoms with E-state index >= 15 is 0 Å². The molecule has 6 heteroatoms. The molecule has 2 N–H and O–H groups in total. The van der Waals surface area contributed by atoms with Crippen LogP contribution < -0.4 is 5.32 Å². The SMILES string of the molecule is CCc1n[nH]c(CN[C@@H]2CCC[C@@H]2N2CCC(OC)C2)n1. The zero-order valence-corrected chi connectivity index (χ0v) is 13.1. The number of H-pyrrole nitrogens is 1. The maximum absolute atomic E-state index is 5.50. The van der Waals surface area contributed by atoms with Gasteiger partial charge in [-0.1, -0.05) is 13.3 Å². The second-order valence-corrected chi connectivity index (χ2v) is 6.18. The Morgan fingerprint density at radius 2 is 2.29 bits per heavy atom. The van der Waals surface area contributed by atoms with Crippen LogP contribution in [0.25, 0.3) is 0 Å². The molecule has 1 aliphatic carbocycles. The first kappa shape index (κ1) is 14.9. The van der Waals surface area contributed by atoms with E-state index in [1.165, 1.54) is 32.2 Å². The summed E-state index contributed by atoms with van der Waals surface area (Å²) in [7, 11) is 1.83. The quantitative estimate of drug-likeness (QED) is 0.822. The number of ether oxygens (including phenoxy) is 1. The molecule has 1 aliphatic heterocycles. The molecule has 21 heavy (non-hydrogen) atoms. The molecule has 3 atom stereocenters. The van der Waals surface area contributed by atoms with Crippen molar-refractivity contribution in [1.82, 2.24) is 25.4 Å². The van der Waals surface area contributed by atoms with Crippen molar-refractivity contribution in [1.29, 1.82) is 0 Å². The van der Waals surface area contributed by atoms with Gasteiger partial charge in [0.15, 0.2) is 0 Å². The number of methoxy groups -OCH3 is 1. The van der Waals surface area contributed by atoms with Crippen molar-refractivity contribution in [3.05, 3.63) is 11.6 Å². The molecule has 2 aliphatic rings. The Hall–Kier alpha value is -0.980. The summed E-state index contributed by atoms with van der Waals surface area (Å²) >= 11 is 0. The normalized spacial score (nSPS) is 30.3. The number of nitrogens with zero attached hydrogens (tertiary/aromatic N) is 3. The molecule has 1 aromatic heterocycles. The number of nitrogens with one attached hydrogen (secondary N) is 2. The number of hydrogen-bond donors (Lipinski definition) is 2. The molecule has 6 nitrogen and oxygen atoms in total. The van der Waals surface area contributed by atoms with Crippen LogP contribution >= 0.6 is 0 Å². The Morgan fingerprint density at radius 1 is 1.38 bits per heavy atom. The van der Waals surface area contributed by atoms with Gasteiger partial charge in [-0.15, -0.1) is 0 Å². The maximum atomic E-state index is 5.50. The van der Waals surface area contributed by atoms with Crippen LogP contribution in [0, 0.1) is 0 Å². The first-order valence-electron chi connectivity index (χ1n) is 8.20. The van der Waals surface area contributed by atoms with Gasteiger partial charge in [0.1, 0.15) is 11.6 Å². The summed E-state index contributed by atoms with van der Waals surface area (Å²) in [4.78, 5) is 7.08. The van der Waals surface area contributed by atoms with Crippen LogP contribution in [0.1, 0.15) is 44.3 Å². The fourth-order valence-electron chi connectivity index (χ4n) is 3.66. The monoisotopic (exact) mass is 293 g/mol. The number of likely N-dealkylation sites (tertiary alicyclic amines) is 1. The van der Waals surface area contributed by atoms with E-state index in [1.54, 1.807) is 0 Å². The molecule has 0 aromatic carbocycles. The molecule has 1 saturated carbocycles. The van der Waals surface area contributed by atoms with Gasteiger partial charge in [0.2, 0.25) is 0 Å². The highest BCUT2D eigenvalue weighted by molar-refractivity contribution is 4.96.